The summed E-state index contributed by atoms with van der Waals surface area (Å²) in [5.74, 6) is 1.00. The van der Waals surface area contributed by atoms with E-state index in [1.807, 2.05) is 11.6 Å². The number of nitrogens with zero attached hydrogens (tertiary/aromatic N) is 3. The Balaban J connectivity index is 2.81. The molecule has 80 valence electrons. The Bertz CT molecular complexity index is 505. The number of fused-ring (bicyclic) bond motifs is 1. The highest BCUT2D eigenvalue weighted by Gasteiger charge is 2.22. The molecule has 0 saturated carbocycles. The summed E-state index contributed by atoms with van der Waals surface area (Å²) in [5.41, 5.74) is 8.20. The number of nitrogen functional groups attached to an aromatic ring is 1. The van der Waals surface area contributed by atoms with Crippen LogP contribution in [0.25, 0.3) is 11.2 Å². The molecule has 2 aromatic heterocycles. The van der Waals surface area contributed by atoms with Gasteiger partial charge in [0.15, 0.2) is 5.65 Å². The summed E-state index contributed by atoms with van der Waals surface area (Å²) in [6.07, 6.45) is 1.71. The molecule has 0 aromatic carbocycles. The van der Waals surface area contributed by atoms with Crippen LogP contribution in [0.3, 0.4) is 0 Å². The fourth-order valence-electron chi connectivity index (χ4n) is 1.77. The van der Waals surface area contributed by atoms with Gasteiger partial charge >= 0.3 is 0 Å². The molecule has 0 radical (unpaired) electrons. The second-order valence-electron chi connectivity index (χ2n) is 4.82. The number of pyridine rings is 1. The van der Waals surface area contributed by atoms with E-state index in [1.54, 1.807) is 12.3 Å². The van der Waals surface area contributed by atoms with Gasteiger partial charge in [-0.2, -0.15) is 0 Å². The number of rotatable bonds is 0. The molecular formula is C11H16N4. The molecule has 15 heavy (non-hydrogen) atoms. The van der Waals surface area contributed by atoms with Crippen molar-refractivity contribution >= 4 is 16.9 Å². The van der Waals surface area contributed by atoms with Gasteiger partial charge in [-0.25, -0.2) is 9.97 Å². The summed E-state index contributed by atoms with van der Waals surface area (Å²) in [4.78, 5) is 8.85. The van der Waals surface area contributed by atoms with Gasteiger partial charge in [-0.05, 0) is 6.07 Å². The molecule has 0 spiro atoms. The number of hydrogen-bond acceptors (Lipinski definition) is 3. The van der Waals surface area contributed by atoms with Crippen molar-refractivity contribution in [1.29, 1.82) is 0 Å². The van der Waals surface area contributed by atoms with E-state index in [1.165, 1.54) is 0 Å². The lowest BCUT2D eigenvalue weighted by Crippen LogP contribution is -2.17. The van der Waals surface area contributed by atoms with Crippen LogP contribution < -0.4 is 5.73 Å². The Morgan fingerprint density at radius 2 is 2.00 bits per heavy atom. The van der Waals surface area contributed by atoms with Gasteiger partial charge < -0.3 is 10.3 Å². The Labute approximate surface area is 89.1 Å². The summed E-state index contributed by atoms with van der Waals surface area (Å²) in [6, 6.07) is 1.78. The maximum Gasteiger partial charge on any atom is 0.161 e. The van der Waals surface area contributed by atoms with Crippen LogP contribution in [0.2, 0.25) is 0 Å². The monoisotopic (exact) mass is 204 g/mol. The zero-order chi connectivity index (χ0) is 11.2. The molecular weight excluding hydrogens is 188 g/mol. The molecule has 0 bridgehead atoms. The Morgan fingerprint density at radius 3 is 2.53 bits per heavy atom. The molecule has 2 rings (SSSR count). The van der Waals surface area contributed by atoms with Gasteiger partial charge in [0.25, 0.3) is 0 Å². The minimum absolute atomic E-state index is 0.00188. The number of imidazole rings is 1. The third kappa shape index (κ3) is 1.46. The minimum atomic E-state index is 0.00188. The fourth-order valence-corrected chi connectivity index (χ4v) is 1.77. The number of aryl methyl sites for hydroxylation is 1. The maximum absolute atomic E-state index is 5.87. The predicted molar refractivity (Wildman–Crippen MR) is 61.6 cm³/mol. The Hall–Kier alpha value is -1.58. The van der Waals surface area contributed by atoms with Crippen molar-refractivity contribution in [3.8, 4) is 0 Å². The summed E-state index contributed by atoms with van der Waals surface area (Å²) in [5, 5.41) is 0. The van der Waals surface area contributed by atoms with E-state index >= 15 is 0 Å². The molecule has 0 saturated heterocycles. The smallest absolute Gasteiger partial charge is 0.161 e. The summed E-state index contributed by atoms with van der Waals surface area (Å²) in [7, 11) is 1.97. The summed E-state index contributed by atoms with van der Waals surface area (Å²) in [6.45, 7) is 6.39. The van der Waals surface area contributed by atoms with Crippen LogP contribution in [-0.2, 0) is 12.5 Å². The number of hydrogen-bond donors (Lipinski definition) is 1. The molecule has 4 heteroatoms. The first-order valence-electron chi connectivity index (χ1n) is 4.98. The van der Waals surface area contributed by atoms with Crippen molar-refractivity contribution in [2.75, 3.05) is 5.73 Å². The average Bonchev–Trinajstić information content (AvgIpc) is 2.45. The van der Waals surface area contributed by atoms with E-state index < -0.39 is 0 Å². The van der Waals surface area contributed by atoms with Gasteiger partial charge in [0.2, 0.25) is 0 Å². The van der Waals surface area contributed by atoms with Gasteiger partial charge in [-0.3, -0.25) is 0 Å². The molecule has 4 nitrogen and oxygen atoms in total. The molecule has 0 atom stereocenters. The first-order chi connectivity index (χ1) is 6.91. The van der Waals surface area contributed by atoms with E-state index in [9.17, 15) is 0 Å². The summed E-state index contributed by atoms with van der Waals surface area (Å²) < 4.78 is 2.01. The van der Waals surface area contributed by atoms with Crippen LogP contribution in [0.15, 0.2) is 12.3 Å². The van der Waals surface area contributed by atoms with Crippen molar-refractivity contribution in [3.63, 3.8) is 0 Å². The second-order valence-corrected chi connectivity index (χ2v) is 4.82. The highest BCUT2D eigenvalue weighted by Crippen LogP contribution is 2.26. The van der Waals surface area contributed by atoms with Crippen molar-refractivity contribution < 1.29 is 0 Å². The third-order valence-corrected chi connectivity index (χ3v) is 2.46. The standard InChI is InChI=1S/C11H16N4/c1-11(2,3)10-14-8-7(12)5-6-13-9(8)15(10)4/h5-6H,1-4H3,(H2,12,13). The average molecular weight is 204 g/mol. The molecule has 2 aromatic rings. The van der Waals surface area contributed by atoms with Crippen LogP contribution in [-0.4, -0.2) is 14.5 Å². The topological polar surface area (TPSA) is 56.7 Å². The van der Waals surface area contributed by atoms with E-state index in [0.29, 0.717) is 5.69 Å². The summed E-state index contributed by atoms with van der Waals surface area (Å²) >= 11 is 0. The van der Waals surface area contributed by atoms with Gasteiger partial charge in [0.05, 0.1) is 5.69 Å². The van der Waals surface area contributed by atoms with Crippen molar-refractivity contribution in [2.45, 2.75) is 26.2 Å². The van der Waals surface area contributed by atoms with Gasteiger partial charge in [0.1, 0.15) is 11.3 Å². The Morgan fingerprint density at radius 1 is 1.33 bits per heavy atom. The van der Waals surface area contributed by atoms with Crippen LogP contribution in [0.5, 0.6) is 0 Å². The van der Waals surface area contributed by atoms with E-state index in [0.717, 1.165) is 17.0 Å². The van der Waals surface area contributed by atoms with Gasteiger partial charge in [-0.15, -0.1) is 0 Å². The number of anilines is 1. The zero-order valence-corrected chi connectivity index (χ0v) is 9.57. The quantitative estimate of drug-likeness (QED) is 0.712. The molecule has 0 aliphatic heterocycles. The second kappa shape index (κ2) is 2.95. The van der Waals surface area contributed by atoms with Crippen molar-refractivity contribution in [1.82, 2.24) is 14.5 Å². The fraction of sp³-hybridized carbons (Fsp3) is 0.455. The number of aromatic nitrogens is 3. The molecule has 2 N–H and O–H groups in total. The van der Waals surface area contributed by atoms with Crippen molar-refractivity contribution in [2.24, 2.45) is 7.05 Å². The normalized spacial score (nSPS) is 12.3. The van der Waals surface area contributed by atoms with Gasteiger partial charge in [0, 0.05) is 18.7 Å². The molecule has 0 unspecified atom stereocenters. The predicted octanol–water partition coefficient (Wildman–Crippen LogP) is 1.85. The largest absolute Gasteiger partial charge is 0.397 e. The van der Waals surface area contributed by atoms with E-state index in [-0.39, 0.29) is 5.41 Å². The lowest BCUT2D eigenvalue weighted by molar-refractivity contribution is 0.526. The minimum Gasteiger partial charge on any atom is -0.397 e. The molecule has 0 amide bonds. The van der Waals surface area contributed by atoms with E-state index in [4.69, 9.17) is 5.73 Å². The lowest BCUT2D eigenvalue weighted by Gasteiger charge is -2.17. The number of nitrogens with two attached hydrogens (primary N) is 1. The molecule has 0 aliphatic carbocycles. The first kappa shape index (κ1) is 9.96. The first-order valence-corrected chi connectivity index (χ1v) is 4.98. The highest BCUT2D eigenvalue weighted by molar-refractivity contribution is 5.84. The molecule has 2 heterocycles. The SMILES string of the molecule is Cn1c(C(C)(C)C)nc2c(N)ccnc21. The third-order valence-electron chi connectivity index (χ3n) is 2.46. The highest BCUT2D eigenvalue weighted by atomic mass is 15.1. The zero-order valence-electron chi connectivity index (χ0n) is 9.57. The van der Waals surface area contributed by atoms with Gasteiger partial charge in [-0.1, -0.05) is 20.8 Å². The van der Waals surface area contributed by atoms with Crippen LogP contribution >= 0.6 is 0 Å². The lowest BCUT2D eigenvalue weighted by atomic mass is 9.96. The maximum atomic E-state index is 5.87. The van der Waals surface area contributed by atoms with Crippen LogP contribution in [0.4, 0.5) is 5.69 Å². The van der Waals surface area contributed by atoms with E-state index in [2.05, 4.69) is 30.7 Å². The van der Waals surface area contributed by atoms with Crippen molar-refractivity contribution in [3.05, 3.63) is 18.1 Å². The van der Waals surface area contributed by atoms with Crippen LogP contribution in [0, 0.1) is 0 Å². The van der Waals surface area contributed by atoms with Crippen LogP contribution in [0.1, 0.15) is 26.6 Å². The molecule has 0 fully saturated rings. The molecule has 0 aliphatic rings. The Kier molecular flexibility index (Phi) is 1.96.